The van der Waals surface area contributed by atoms with Gasteiger partial charge in [0.2, 0.25) is 0 Å². The zero-order valence-corrected chi connectivity index (χ0v) is 26.3. The number of epoxide rings is 1. The molecule has 2 aliphatic heterocycles. The fourth-order valence-corrected chi connectivity index (χ4v) is 7.61. The van der Waals surface area contributed by atoms with Crippen LogP contribution >= 0.6 is 11.6 Å². The van der Waals surface area contributed by atoms with E-state index in [1.54, 1.807) is 20.8 Å². The molecule has 2 saturated carbocycles. The highest BCUT2D eigenvalue weighted by Gasteiger charge is 2.78. The molecule has 240 valence electrons. The molecule has 2 heterocycles. The Kier molecular flexibility index (Phi) is 9.01. The molecule has 4 fully saturated rings. The van der Waals surface area contributed by atoms with Crippen LogP contribution in [0.3, 0.4) is 0 Å². The summed E-state index contributed by atoms with van der Waals surface area (Å²) < 4.78 is 35.4. The van der Waals surface area contributed by atoms with Crippen molar-refractivity contribution >= 4 is 41.4 Å². The molecule has 0 aromatic heterocycles. The van der Waals surface area contributed by atoms with E-state index in [-0.39, 0.29) is 25.9 Å². The standard InChI is InChI=1S/C30H41ClO12/c1-13(2)26(35)42-19-10-9-14(3)22(31)24-30(37,15(4)27(36)43-24)25(41-18(7)34)23-28(19,8)20(39-16(5)32)11-21(40-17(6)33)29(23)12-38-29/h13,15,19-25,37H,3,9-12H2,1-2,4-8H3/t15-,19-,20-,21+,22-,23+,24-,25?,28-,29+,30+/m0/s1. The van der Waals surface area contributed by atoms with Gasteiger partial charge in [-0.1, -0.05) is 32.9 Å². The quantitative estimate of drug-likeness (QED) is 0.156. The van der Waals surface area contributed by atoms with Crippen LogP contribution in [0, 0.1) is 23.2 Å². The molecule has 1 spiro atoms. The summed E-state index contributed by atoms with van der Waals surface area (Å²) in [6, 6.07) is 0. The first-order valence-corrected chi connectivity index (χ1v) is 15.0. The van der Waals surface area contributed by atoms with Gasteiger partial charge < -0.3 is 33.5 Å². The van der Waals surface area contributed by atoms with E-state index >= 15 is 0 Å². The second kappa shape index (κ2) is 11.7. The van der Waals surface area contributed by atoms with E-state index in [0.717, 1.165) is 6.92 Å². The van der Waals surface area contributed by atoms with E-state index in [1.165, 1.54) is 20.8 Å². The molecule has 12 nitrogen and oxygen atoms in total. The molecule has 4 rings (SSSR count). The van der Waals surface area contributed by atoms with Gasteiger partial charge in [-0.25, -0.2) is 0 Å². The van der Waals surface area contributed by atoms with E-state index in [9.17, 15) is 29.1 Å². The maximum atomic E-state index is 13.2. The molecule has 13 heteroatoms. The summed E-state index contributed by atoms with van der Waals surface area (Å²) in [5, 5.41) is 11.5. The van der Waals surface area contributed by atoms with Gasteiger partial charge in [0.05, 0.1) is 29.2 Å². The minimum absolute atomic E-state index is 0.00154. The molecule has 0 aromatic carbocycles. The van der Waals surface area contributed by atoms with Gasteiger partial charge >= 0.3 is 29.8 Å². The largest absolute Gasteiger partial charge is 0.462 e. The summed E-state index contributed by atoms with van der Waals surface area (Å²) in [7, 11) is 0. The molecule has 43 heavy (non-hydrogen) atoms. The normalized spacial score (nSPS) is 42.3. The molecule has 2 aliphatic carbocycles. The van der Waals surface area contributed by atoms with Gasteiger partial charge in [0.15, 0.2) is 11.7 Å². The van der Waals surface area contributed by atoms with Crippen molar-refractivity contribution in [2.75, 3.05) is 6.61 Å². The van der Waals surface area contributed by atoms with Crippen molar-refractivity contribution in [1.82, 2.24) is 0 Å². The number of carbonyl (C=O) groups is 5. The van der Waals surface area contributed by atoms with Crippen molar-refractivity contribution in [2.24, 2.45) is 23.2 Å². The van der Waals surface area contributed by atoms with Gasteiger partial charge in [0.25, 0.3) is 0 Å². The molecule has 4 aliphatic rings. The summed E-state index contributed by atoms with van der Waals surface area (Å²) in [6.45, 7) is 14.1. The van der Waals surface area contributed by atoms with Crippen LogP contribution in [-0.4, -0.2) is 88.7 Å². The minimum atomic E-state index is -2.26. The van der Waals surface area contributed by atoms with E-state index in [4.69, 9.17) is 40.0 Å². The van der Waals surface area contributed by atoms with Crippen LogP contribution in [-0.2, 0) is 52.4 Å². The van der Waals surface area contributed by atoms with Crippen molar-refractivity contribution in [1.29, 1.82) is 0 Å². The maximum absolute atomic E-state index is 13.2. The summed E-state index contributed by atoms with van der Waals surface area (Å²) in [6.07, 6.45) is -5.86. The molecule has 11 atom stereocenters. The number of hydrogen-bond donors (Lipinski definition) is 1. The third-order valence-corrected chi connectivity index (χ3v) is 10.1. The average molecular weight is 629 g/mol. The monoisotopic (exact) mass is 628 g/mol. The molecule has 1 N–H and O–H groups in total. The maximum Gasteiger partial charge on any atom is 0.312 e. The fourth-order valence-electron chi connectivity index (χ4n) is 7.25. The van der Waals surface area contributed by atoms with E-state index in [0.29, 0.717) is 5.57 Å². The van der Waals surface area contributed by atoms with Gasteiger partial charge in [-0.15, -0.1) is 11.6 Å². The van der Waals surface area contributed by atoms with Crippen LogP contribution in [0.1, 0.15) is 67.7 Å². The number of ether oxygens (including phenoxy) is 6. The third kappa shape index (κ3) is 5.55. The predicted molar refractivity (Wildman–Crippen MR) is 148 cm³/mol. The Bertz CT molecular complexity index is 1200. The van der Waals surface area contributed by atoms with Crippen molar-refractivity contribution < 1.29 is 57.5 Å². The molecule has 0 bridgehead atoms. The first kappa shape index (κ1) is 33.2. The number of fused-ring (bicyclic) bond motifs is 3. The topological polar surface area (TPSA) is 164 Å². The number of carbonyl (C=O) groups excluding carboxylic acids is 5. The number of alkyl halides is 1. The van der Waals surface area contributed by atoms with Gasteiger partial charge in [0.1, 0.15) is 30.0 Å². The Morgan fingerprint density at radius 2 is 1.56 bits per heavy atom. The highest BCUT2D eigenvalue weighted by molar-refractivity contribution is 6.23. The Balaban J connectivity index is 2.06. The SMILES string of the molecule is C=C1CC[C@H](OC(=O)C(C)C)[C@@]2(C)[C@@H](OC(C)=O)C[C@@H](OC(C)=O)[C@]3(CO3)[C@@H]2C(OC(C)=O)[C@@]2(O)[C@@H](C)C(=O)O[C@H]2[C@H]1Cl. The molecule has 0 aromatic rings. The molecular weight excluding hydrogens is 588 g/mol. The van der Waals surface area contributed by atoms with Gasteiger partial charge in [0, 0.05) is 33.1 Å². The second-order valence-electron chi connectivity index (χ2n) is 12.7. The van der Waals surface area contributed by atoms with E-state index in [2.05, 4.69) is 6.58 Å². The Morgan fingerprint density at radius 1 is 1.00 bits per heavy atom. The van der Waals surface area contributed by atoms with E-state index < -0.39 is 100 Å². The molecule has 1 unspecified atom stereocenters. The second-order valence-corrected chi connectivity index (χ2v) is 13.2. The van der Waals surface area contributed by atoms with Crippen LogP contribution in [0.2, 0.25) is 0 Å². The van der Waals surface area contributed by atoms with Crippen molar-refractivity contribution in [2.45, 2.75) is 115 Å². The Labute approximate surface area is 255 Å². The smallest absolute Gasteiger partial charge is 0.312 e. The van der Waals surface area contributed by atoms with Crippen LogP contribution in [0.15, 0.2) is 12.2 Å². The summed E-state index contributed by atoms with van der Waals surface area (Å²) in [5.41, 5.74) is -4.69. The first-order valence-electron chi connectivity index (χ1n) is 14.5. The highest BCUT2D eigenvalue weighted by Crippen LogP contribution is 2.63. The lowest BCUT2D eigenvalue weighted by atomic mass is 9.51. The summed E-state index contributed by atoms with van der Waals surface area (Å²) in [4.78, 5) is 63.9. The number of esters is 5. The van der Waals surface area contributed by atoms with Crippen LogP contribution in [0.25, 0.3) is 0 Å². The lowest BCUT2D eigenvalue weighted by Crippen LogP contribution is -2.72. The van der Waals surface area contributed by atoms with Gasteiger partial charge in [-0.2, -0.15) is 0 Å². The van der Waals surface area contributed by atoms with Crippen LogP contribution in [0.4, 0.5) is 0 Å². The number of hydrogen-bond acceptors (Lipinski definition) is 12. The fraction of sp³-hybridized carbons (Fsp3) is 0.767. The van der Waals surface area contributed by atoms with Crippen molar-refractivity contribution in [3.8, 4) is 0 Å². The Morgan fingerprint density at radius 3 is 2.07 bits per heavy atom. The Hall–Kier alpha value is -2.70. The number of rotatable bonds is 5. The lowest BCUT2D eigenvalue weighted by molar-refractivity contribution is -0.260. The van der Waals surface area contributed by atoms with E-state index in [1.807, 2.05) is 0 Å². The molecule has 0 amide bonds. The number of aliphatic hydroxyl groups is 1. The van der Waals surface area contributed by atoms with Crippen LogP contribution < -0.4 is 0 Å². The molecular formula is C30H41ClO12. The van der Waals surface area contributed by atoms with Crippen molar-refractivity contribution in [3.63, 3.8) is 0 Å². The molecule has 2 saturated heterocycles. The average Bonchev–Trinajstić information content (AvgIpc) is 3.65. The number of halogens is 1. The van der Waals surface area contributed by atoms with Crippen LogP contribution in [0.5, 0.6) is 0 Å². The summed E-state index contributed by atoms with van der Waals surface area (Å²) in [5.74, 6) is -6.39. The van der Waals surface area contributed by atoms with Crippen molar-refractivity contribution in [3.05, 3.63) is 12.2 Å². The zero-order chi connectivity index (χ0) is 32.2. The third-order valence-electron chi connectivity index (χ3n) is 9.56. The zero-order valence-electron chi connectivity index (χ0n) is 25.5. The predicted octanol–water partition coefficient (Wildman–Crippen LogP) is 2.39. The summed E-state index contributed by atoms with van der Waals surface area (Å²) >= 11 is 6.83. The minimum Gasteiger partial charge on any atom is -0.462 e. The molecule has 0 radical (unpaired) electrons. The van der Waals surface area contributed by atoms with Gasteiger partial charge in [-0.05, 0) is 19.8 Å². The first-order chi connectivity index (χ1) is 19.9. The highest BCUT2D eigenvalue weighted by atomic mass is 35.5. The lowest BCUT2D eigenvalue weighted by Gasteiger charge is -2.58. The van der Waals surface area contributed by atoms with Gasteiger partial charge in [-0.3, -0.25) is 24.0 Å².